The fourth-order valence-corrected chi connectivity index (χ4v) is 4.80. The van der Waals surface area contributed by atoms with Crippen molar-refractivity contribution in [1.29, 1.82) is 0 Å². The lowest BCUT2D eigenvalue weighted by Gasteiger charge is -2.11. The number of hydrazone groups is 1. The predicted octanol–water partition coefficient (Wildman–Crippen LogP) is 2.12. The average molecular weight is 360 g/mol. The highest BCUT2D eigenvalue weighted by molar-refractivity contribution is 7.91. The second-order valence-electron chi connectivity index (χ2n) is 6.13. The van der Waals surface area contributed by atoms with Gasteiger partial charge in [-0.25, -0.2) is 13.8 Å². The summed E-state index contributed by atoms with van der Waals surface area (Å²) in [5, 5.41) is 6.11. The number of fused-ring (bicyclic) bond motifs is 1. The van der Waals surface area contributed by atoms with Gasteiger partial charge in [0.2, 0.25) is 5.91 Å². The Hall–Kier alpha value is -2.41. The molecule has 2 aromatic carbocycles. The summed E-state index contributed by atoms with van der Waals surface area (Å²) in [6.45, 7) is 1.81. The van der Waals surface area contributed by atoms with Gasteiger partial charge in [-0.3, -0.25) is 4.79 Å². The summed E-state index contributed by atoms with van der Waals surface area (Å²) in [6.07, 6.45) is 0.355. The molecule has 1 atom stereocenters. The zero-order valence-electron chi connectivity index (χ0n) is 14.2. The molecule has 0 unspecified atom stereocenters. The van der Waals surface area contributed by atoms with E-state index < -0.39 is 15.8 Å². The van der Waals surface area contributed by atoms with E-state index in [0.717, 1.165) is 22.1 Å². The number of rotatable bonds is 4. The number of hydrogen-bond donors (Lipinski definition) is 1. The maximum Gasteiger partial charge on any atom is 0.244 e. The van der Waals surface area contributed by atoms with Crippen LogP contribution in [0.4, 0.5) is 0 Å². The summed E-state index contributed by atoms with van der Waals surface area (Å²) >= 11 is 0. The Balaban J connectivity index is 1.84. The molecule has 1 saturated heterocycles. The standard InChI is InChI=1S/C18H20N2O4S/c1-12(19-20-18(21)13-9-10-25(22,23)11-13)14-7-8-17(24-2)16-6-4-3-5-15(14)16/h3-8,13H,9-11H2,1-2H3,(H,20,21)/b19-12-/t13-/m0/s1. The number of carbonyl (C=O) groups is 1. The molecule has 0 saturated carbocycles. The Labute approximate surface area is 146 Å². The molecule has 1 N–H and O–H groups in total. The summed E-state index contributed by atoms with van der Waals surface area (Å²) in [5.74, 6) is -0.129. The lowest BCUT2D eigenvalue weighted by Crippen LogP contribution is -2.28. The lowest BCUT2D eigenvalue weighted by molar-refractivity contribution is -0.124. The number of nitrogens with zero attached hydrogens (tertiary/aromatic N) is 1. The molecule has 1 amide bonds. The molecule has 25 heavy (non-hydrogen) atoms. The first kappa shape index (κ1) is 17.4. The molecule has 2 aromatic rings. The van der Waals surface area contributed by atoms with Crippen LogP contribution in [0.2, 0.25) is 0 Å². The highest BCUT2D eigenvalue weighted by Crippen LogP contribution is 2.28. The van der Waals surface area contributed by atoms with Gasteiger partial charge in [0.1, 0.15) is 5.75 Å². The van der Waals surface area contributed by atoms with Gasteiger partial charge in [0.05, 0.1) is 30.2 Å². The summed E-state index contributed by atoms with van der Waals surface area (Å²) in [6, 6.07) is 11.6. The summed E-state index contributed by atoms with van der Waals surface area (Å²) < 4.78 is 28.3. The molecule has 0 aromatic heterocycles. The Morgan fingerprint density at radius 1 is 1.20 bits per heavy atom. The van der Waals surface area contributed by atoms with Crippen molar-refractivity contribution >= 4 is 32.2 Å². The van der Waals surface area contributed by atoms with Crippen molar-refractivity contribution in [2.45, 2.75) is 13.3 Å². The monoisotopic (exact) mass is 360 g/mol. The van der Waals surface area contributed by atoms with Crippen molar-refractivity contribution in [2.75, 3.05) is 18.6 Å². The van der Waals surface area contributed by atoms with Crippen molar-refractivity contribution in [2.24, 2.45) is 11.0 Å². The molecule has 0 bridgehead atoms. The first-order chi connectivity index (χ1) is 11.9. The van der Waals surface area contributed by atoms with E-state index in [1.54, 1.807) is 14.0 Å². The third kappa shape index (κ3) is 3.66. The molecular weight excluding hydrogens is 340 g/mol. The van der Waals surface area contributed by atoms with Crippen LogP contribution in [0.15, 0.2) is 41.5 Å². The van der Waals surface area contributed by atoms with Crippen molar-refractivity contribution in [3.05, 3.63) is 42.0 Å². The van der Waals surface area contributed by atoms with Crippen LogP contribution in [0.1, 0.15) is 18.9 Å². The van der Waals surface area contributed by atoms with Crippen LogP contribution in [0.3, 0.4) is 0 Å². The van der Waals surface area contributed by atoms with Gasteiger partial charge in [-0.2, -0.15) is 5.10 Å². The molecule has 7 heteroatoms. The van der Waals surface area contributed by atoms with E-state index >= 15 is 0 Å². The lowest BCUT2D eigenvalue weighted by atomic mass is 10.0. The summed E-state index contributed by atoms with van der Waals surface area (Å²) in [7, 11) is -1.47. The molecule has 132 valence electrons. The van der Waals surface area contributed by atoms with Crippen LogP contribution in [-0.2, 0) is 14.6 Å². The van der Waals surface area contributed by atoms with Gasteiger partial charge in [0, 0.05) is 10.9 Å². The van der Waals surface area contributed by atoms with Gasteiger partial charge in [0.15, 0.2) is 9.84 Å². The Morgan fingerprint density at radius 3 is 2.56 bits per heavy atom. The highest BCUT2D eigenvalue weighted by atomic mass is 32.2. The second-order valence-corrected chi connectivity index (χ2v) is 8.36. The zero-order chi connectivity index (χ0) is 18.0. The number of benzene rings is 2. The fourth-order valence-electron chi connectivity index (χ4n) is 3.06. The number of sulfone groups is 1. The minimum Gasteiger partial charge on any atom is -0.496 e. The van der Waals surface area contributed by atoms with E-state index in [0.29, 0.717) is 12.1 Å². The van der Waals surface area contributed by atoms with Crippen LogP contribution in [0, 0.1) is 5.92 Å². The van der Waals surface area contributed by atoms with E-state index in [1.165, 1.54) is 0 Å². The first-order valence-electron chi connectivity index (χ1n) is 8.02. The van der Waals surface area contributed by atoms with Gasteiger partial charge in [-0.1, -0.05) is 24.3 Å². The van der Waals surface area contributed by atoms with Gasteiger partial charge >= 0.3 is 0 Å². The van der Waals surface area contributed by atoms with Crippen LogP contribution in [0.25, 0.3) is 10.8 Å². The van der Waals surface area contributed by atoms with Crippen LogP contribution < -0.4 is 10.2 Å². The fraction of sp³-hybridized carbons (Fsp3) is 0.333. The van der Waals surface area contributed by atoms with Crippen molar-refractivity contribution < 1.29 is 17.9 Å². The van der Waals surface area contributed by atoms with Crippen LogP contribution in [0.5, 0.6) is 5.75 Å². The maximum atomic E-state index is 12.1. The molecule has 6 nitrogen and oxygen atoms in total. The largest absolute Gasteiger partial charge is 0.496 e. The summed E-state index contributed by atoms with van der Waals surface area (Å²) in [5.41, 5.74) is 4.04. The van der Waals surface area contributed by atoms with E-state index in [4.69, 9.17) is 4.74 Å². The molecule has 0 spiro atoms. The van der Waals surface area contributed by atoms with Crippen molar-refractivity contribution in [3.8, 4) is 5.75 Å². The molecule has 0 radical (unpaired) electrons. The second kappa shape index (κ2) is 6.84. The van der Waals surface area contributed by atoms with Gasteiger partial charge in [-0.15, -0.1) is 0 Å². The maximum absolute atomic E-state index is 12.1. The number of ether oxygens (including phenoxy) is 1. The van der Waals surface area contributed by atoms with Gasteiger partial charge in [0.25, 0.3) is 0 Å². The van der Waals surface area contributed by atoms with E-state index in [1.807, 2.05) is 36.4 Å². The normalized spacial score (nSPS) is 19.8. The predicted molar refractivity (Wildman–Crippen MR) is 97.6 cm³/mol. The SMILES string of the molecule is COc1ccc(/C(C)=N\NC(=O)[C@H]2CCS(=O)(=O)C2)c2ccccc12. The number of amides is 1. The minimum atomic E-state index is -3.09. The van der Waals surface area contributed by atoms with E-state index in [2.05, 4.69) is 10.5 Å². The third-order valence-corrected chi connectivity index (χ3v) is 6.20. The zero-order valence-corrected chi connectivity index (χ0v) is 15.0. The van der Waals surface area contributed by atoms with E-state index in [-0.39, 0.29) is 17.4 Å². The molecule has 1 aliphatic rings. The molecule has 0 aliphatic carbocycles. The molecule has 1 aliphatic heterocycles. The third-order valence-electron chi connectivity index (χ3n) is 4.43. The quantitative estimate of drug-likeness (QED) is 0.669. The Morgan fingerprint density at radius 2 is 1.92 bits per heavy atom. The molecule has 3 rings (SSSR count). The number of hydrogen-bond acceptors (Lipinski definition) is 5. The van der Waals surface area contributed by atoms with Crippen molar-refractivity contribution in [1.82, 2.24) is 5.43 Å². The number of methoxy groups -OCH3 is 1. The van der Waals surface area contributed by atoms with Gasteiger partial charge < -0.3 is 4.74 Å². The Bertz CT molecular complexity index is 951. The first-order valence-corrected chi connectivity index (χ1v) is 9.84. The van der Waals surface area contributed by atoms with E-state index in [9.17, 15) is 13.2 Å². The van der Waals surface area contributed by atoms with Crippen LogP contribution in [-0.4, -0.2) is 38.7 Å². The molecule has 1 fully saturated rings. The Kier molecular flexibility index (Phi) is 4.76. The minimum absolute atomic E-state index is 0.0664. The molecular formula is C18H20N2O4S. The average Bonchev–Trinajstić information content (AvgIpc) is 2.98. The summed E-state index contributed by atoms with van der Waals surface area (Å²) in [4.78, 5) is 12.1. The number of carbonyl (C=O) groups excluding carboxylic acids is 1. The van der Waals surface area contributed by atoms with Crippen LogP contribution >= 0.6 is 0 Å². The topological polar surface area (TPSA) is 84.8 Å². The molecule has 1 heterocycles. The van der Waals surface area contributed by atoms with Gasteiger partial charge in [-0.05, 0) is 30.9 Å². The highest BCUT2D eigenvalue weighted by Gasteiger charge is 2.32. The smallest absolute Gasteiger partial charge is 0.244 e. The van der Waals surface area contributed by atoms with Crippen molar-refractivity contribution in [3.63, 3.8) is 0 Å². The number of nitrogens with one attached hydrogen (secondary N) is 1.